The van der Waals surface area contributed by atoms with E-state index < -0.39 is 16.0 Å². The first kappa shape index (κ1) is 18.0. The molecule has 21 heavy (non-hydrogen) atoms. The number of ether oxygens (including phenoxy) is 1. The molecule has 0 unspecified atom stereocenters. The smallest absolute Gasteiger partial charge is 0.304 e. The molecule has 0 aliphatic heterocycles. The zero-order valence-electron chi connectivity index (χ0n) is 11.7. The first-order valence-corrected chi connectivity index (χ1v) is 8.03. The van der Waals surface area contributed by atoms with Gasteiger partial charge in [0.2, 0.25) is 10.0 Å². The van der Waals surface area contributed by atoms with Gasteiger partial charge in [-0.3, -0.25) is 4.79 Å². The number of rotatable bonds is 6. The molecule has 0 bridgehead atoms. The van der Waals surface area contributed by atoms with Crippen molar-refractivity contribution >= 4 is 39.2 Å². The number of sulfonamides is 1. The van der Waals surface area contributed by atoms with E-state index in [1.165, 1.54) is 20.2 Å². The molecule has 9 heteroatoms. The van der Waals surface area contributed by atoms with E-state index in [1.54, 1.807) is 6.92 Å². The largest absolute Gasteiger partial charge is 0.495 e. The molecule has 0 aliphatic carbocycles. The lowest BCUT2D eigenvalue weighted by Gasteiger charge is -2.20. The van der Waals surface area contributed by atoms with E-state index in [9.17, 15) is 13.2 Å². The molecule has 1 aromatic rings. The average Bonchev–Trinajstić information content (AvgIpc) is 2.39. The van der Waals surface area contributed by atoms with Gasteiger partial charge >= 0.3 is 5.97 Å². The highest BCUT2D eigenvalue weighted by Crippen LogP contribution is 2.39. The third-order valence-corrected chi connectivity index (χ3v) is 5.85. The lowest BCUT2D eigenvalue weighted by molar-refractivity contribution is -0.137. The average molecular weight is 356 g/mol. The topological polar surface area (TPSA) is 83.9 Å². The number of methoxy groups -OCH3 is 1. The first-order chi connectivity index (χ1) is 9.62. The zero-order valence-corrected chi connectivity index (χ0v) is 14.0. The van der Waals surface area contributed by atoms with Crippen molar-refractivity contribution in [3.63, 3.8) is 0 Å². The van der Waals surface area contributed by atoms with E-state index in [0.29, 0.717) is 5.56 Å². The van der Waals surface area contributed by atoms with Gasteiger partial charge in [0.15, 0.2) is 0 Å². The number of carbonyl (C=O) groups is 1. The van der Waals surface area contributed by atoms with Gasteiger partial charge in [0.25, 0.3) is 0 Å². The summed E-state index contributed by atoms with van der Waals surface area (Å²) in [6.07, 6.45) is -0.309. The summed E-state index contributed by atoms with van der Waals surface area (Å²) < 4.78 is 30.9. The summed E-state index contributed by atoms with van der Waals surface area (Å²) >= 11 is 12.0. The Morgan fingerprint density at radius 2 is 1.95 bits per heavy atom. The normalized spacial score (nSPS) is 11.7. The maximum Gasteiger partial charge on any atom is 0.304 e. The van der Waals surface area contributed by atoms with Gasteiger partial charge in [-0.15, -0.1) is 0 Å². The summed E-state index contributed by atoms with van der Waals surface area (Å²) in [5, 5.41) is 8.49. The van der Waals surface area contributed by atoms with Gasteiger partial charge in [-0.1, -0.05) is 23.2 Å². The maximum atomic E-state index is 12.5. The minimum atomic E-state index is -3.95. The van der Waals surface area contributed by atoms with Gasteiger partial charge in [0, 0.05) is 13.6 Å². The van der Waals surface area contributed by atoms with Gasteiger partial charge in [-0.05, 0) is 18.6 Å². The third-order valence-electron chi connectivity index (χ3n) is 2.84. The fourth-order valence-corrected chi connectivity index (χ4v) is 3.96. The molecule has 0 atom stereocenters. The molecule has 1 N–H and O–H groups in total. The molecule has 0 spiro atoms. The van der Waals surface area contributed by atoms with Crippen molar-refractivity contribution in [1.82, 2.24) is 4.31 Å². The Morgan fingerprint density at radius 1 is 1.38 bits per heavy atom. The fourth-order valence-electron chi connectivity index (χ4n) is 1.70. The van der Waals surface area contributed by atoms with E-state index in [2.05, 4.69) is 0 Å². The van der Waals surface area contributed by atoms with Gasteiger partial charge in [0.05, 0.1) is 18.6 Å². The standard InChI is InChI=1S/C12H15Cl2NO5S/c1-7-6-8(20-3)10(13)11(14)12(7)21(18,19)15(2)5-4-9(16)17/h6H,4-5H2,1-3H3,(H,16,17). The Bertz CT molecular complexity index is 660. The number of nitrogens with zero attached hydrogens (tertiary/aromatic N) is 1. The summed E-state index contributed by atoms with van der Waals surface area (Å²) in [6.45, 7) is 1.39. The van der Waals surface area contributed by atoms with Crippen molar-refractivity contribution in [3.8, 4) is 5.75 Å². The van der Waals surface area contributed by atoms with E-state index in [0.717, 1.165) is 4.31 Å². The number of benzene rings is 1. The molecule has 6 nitrogen and oxygen atoms in total. The lowest BCUT2D eigenvalue weighted by atomic mass is 10.2. The SMILES string of the molecule is COc1cc(C)c(S(=O)(=O)N(C)CCC(=O)O)c(Cl)c1Cl. The monoisotopic (exact) mass is 355 g/mol. The van der Waals surface area contributed by atoms with Crippen molar-refractivity contribution in [2.24, 2.45) is 0 Å². The van der Waals surface area contributed by atoms with E-state index in [-0.39, 0.29) is 33.7 Å². The summed E-state index contributed by atoms with van der Waals surface area (Å²) in [5.41, 5.74) is 0.364. The first-order valence-electron chi connectivity index (χ1n) is 5.83. The van der Waals surface area contributed by atoms with Crippen molar-refractivity contribution in [2.45, 2.75) is 18.2 Å². The molecular weight excluding hydrogens is 341 g/mol. The van der Waals surface area contributed by atoms with Crippen LogP contribution in [0, 0.1) is 6.92 Å². The van der Waals surface area contributed by atoms with E-state index >= 15 is 0 Å². The minimum Gasteiger partial charge on any atom is -0.495 e. The number of aliphatic carboxylic acids is 1. The predicted octanol–water partition coefficient (Wildman–Crippen LogP) is 2.41. The van der Waals surface area contributed by atoms with Crippen LogP contribution in [0.2, 0.25) is 10.0 Å². The van der Waals surface area contributed by atoms with Crippen LogP contribution in [0.5, 0.6) is 5.75 Å². The zero-order chi connectivity index (χ0) is 16.4. The van der Waals surface area contributed by atoms with Crippen LogP contribution in [0.3, 0.4) is 0 Å². The molecule has 0 saturated heterocycles. The Morgan fingerprint density at radius 3 is 2.43 bits per heavy atom. The number of hydrogen-bond donors (Lipinski definition) is 1. The molecular formula is C12H15Cl2NO5S. The number of halogens is 2. The van der Waals surface area contributed by atoms with Crippen molar-refractivity contribution in [1.29, 1.82) is 0 Å². The molecule has 0 amide bonds. The lowest BCUT2D eigenvalue weighted by Crippen LogP contribution is -2.30. The van der Waals surface area contributed by atoms with Crippen LogP contribution in [-0.4, -0.2) is 44.5 Å². The summed E-state index contributed by atoms with van der Waals surface area (Å²) in [6, 6.07) is 1.46. The van der Waals surface area contributed by atoms with Crippen LogP contribution in [0.4, 0.5) is 0 Å². The van der Waals surface area contributed by atoms with Crippen molar-refractivity contribution in [2.75, 3.05) is 20.7 Å². The van der Waals surface area contributed by atoms with Crippen LogP contribution in [-0.2, 0) is 14.8 Å². The van der Waals surface area contributed by atoms with Crippen molar-refractivity contribution in [3.05, 3.63) is 21.7 Å². The molecule has 118 valence electrons. The molecule has 0 heterocycles. The van der Waals surface area contributed by atoms with Crippen LogP contribution >= 0.6 is 23.2 Å². The predicted molar refractivity (Wildman–Crippen MR) is 79.8 cm³/mol. The number of aryl methyl sites for hydroxylation is 1. The van der Waals surface area contributed by atoms with Crippen LogP contribution in [0.25, 0.3) is 0 Å². The highest BCUT2D eigenvalue weighted by atomic mass is 35.5. The second-order valence-corrected chi connectivity index (χ2v) is 7.06. The summed E-state index contributed by atoms with van der Waals surface area (Å²) in [4.78, 5) is 10.4. The number of hydrogen-bond acceptors (Lipinski definition) is 4. The Labute approximate surface area is 133 Å². The molecule has 1 rings (SSSR count). The van der Waals surface area contributed by atoms with Crippen LogP contribution < -0.4 is 4.74 Å². The molecule has 0 aliphatic rings. The molecule has 0 radical (unpaired) electrons. The van der Waals surface area contributed by atoms with E-state index in [4.69, 9.17) is 33.0 Å². The van der Waals surface area contributed by atoms with Crippen LogP contribution in [0.15, 0.2) is 11.0 Å². The van der Waals surface area contributed by atoms with Gasteiger partial charge < -0.3 is 9.84 Å². The highest BCUT2D eigenvalue weighted by molar-refractivity contribution is 7.89. The Hall–Kier alpha value is -1.02. The quantitative estimate of drug-likeness (QED) is 0.846. The van der Waals surface area contributed by atoms with Crippen molar-refractivity contribution < 1.29 is 23.1 Å². The highest BCUT2D eigenvalue weighted by Gasteiger charge is 2.28. The maximum absolute atomic E-state index is 12.5. The van der Waals surface area contributed by atoms with Gasteiger partial charge in [-0.25, -0.2) is 12.7 Å². The number of carboxylic acid groups (broad SMARTS) is 1. The summed E-state index contributed by atoms with van der Waals surface area (Å²) in [7, 11) is -1.27. The molecule has 1 aromatic carbocycles. The minimum absolute atomic E-state index is 0.00465. The van der Waals surface area contributed by atoms with Gasteiger partial charge in [0.1, 0.15) is 15.7 Å². The fraction of sp³-hybridized carbons (Fsp3) is 0.417. The Balaban J connectivity index is 3.32. The molecule has 0 saturated carbocycles. The summed E-state index contributed by atoms with van der Waals surface area (Å²) in [5.74, 6) is -0.820. The van der Waals surface area contributed by atoms with Gasteiger partial charge in [-0.2, -0.15) is 0 Å². The molecule has 0 fully saturated rings. The van der Waals surface area contributed by atoms with Crippen LogP contribution in [0.1, 0.15) is 12.0 Å². The molecule has 0 aromatic heterocycles. The third kappa shape index (κ3) is 3.79. The van der Waals surface area contributed by atoms with E-state index in [1.807, 2.05) is 0 Å². The second-order valence-electron chi connectivity index (χ2n) is 4.32. The Kier molecular flexibility index (Phi) is 5.86. The second kappa shape index (κ2) is 6.83. The number of carboxylic acids is 1.